The number of nitriles is 1. The van der Waals surface area contributed by atoms with Crippen LogP contribution in [0.25, 0.3) is 0 Å². The number of aromatic nitrogens is 2. The van der Waals surface area contributed by atoms with Crippen LogP contribution in [0.3, 0.4) is 0 Å². The van der Waals surface area contributed by atoms with Crippen LogP contribution in [0, 0.1) is 11.3 Å². The third-order valence-corrected chi connectivity index (χ3v) is 3.03. The molecule has 2 aromatic rings. The molecule has 3 rings (SSSR count). The van der Waals surface area contributed by atoms with Gasteiger partial charge in [-0.3, -0.25) is 9.97 Å². The van der Waals surface area contributed by atoms with E-state index in [-0.39, 0.29) is 39.4 Å². The summed E-state index contributed by atoms with van der Waals surface area (Å²) in [5, 5.41) is 7.32. The van der Waals surface area contributed by atoms with E-state index in [0.29, 0.717) is 0 Å². The van der Waals surface area contributed by atoms with E-state index in [1.807, 2.05) is 36.7 Å². The fourth-order valence-corrected chi connectivity index (χ4v) is 2.12. The number of nitrogens with zero attached hydrogens (tertiary/aromatic N) is 5. The fraction of sp³-hybridized carbons (Fsp3) is 0.235. The maximum Gasteiger partial charge on any atom is 2.00 e. The van der Waals surface area contributed by atoms with Crippen molar-refractivity contribution in [2.24, 2.45) is 0 Å². The predicted octanol–water partition coefficient (Wildman–Crippen LogP) is 4.05. The second kappa shape index (κ2) is 16.0. The van der Waals surface area contributed by atoms with Crippen LogP contribution in [-0.4, -0.2) is 33.7 Å². The van der Waals surface area contributed by atoms with Crippen LogP contribution in [0.1, 0.15) is 18.3 Å². The van der Waals surface area contributed by atoms with Crippen LogP contribution in [0.2, 0.25) is 0 Å². The molecule has 164 valence electrons. The number of hydrogen-bond donors (Lipinski definition) is 0. The van der Waals surface area contributed by atoms with Gasteiger partial charge in [0.15, 0.2) is 0 Å². The first-order valence-electron chi connectivity index (χ1n) is 7.96. The van der Waals surface area contributed by atoms with Crippen molar-refractivity contribution in [1.29, 1.82) is 5.26 Å². The van der Waals surface area contributed by atoms with Gasteiger partial charge in [0.05, 0.1) is 37.2 Å². The molecule has 0 aliphatic carbocycles. The van der Waals surface area contributed by atoms with Crippen molar-refractivity contribution in [2.45, 2.75) is 20.0 Å². The summed E-state index contributed by atoms with van der Waals surface area (Å²) in [5.41, 5.74) is 2.18. The Morgan fingerprint density at radius 3 is 1.55 bits per heavy atom. The zero-order valence-electron chi connectivity index (χ0n) is 15.3. The van der Waals surface area contributed by atoms with Gasteiger partial charge < -0.3 is 27.1 Å². The van der Waals surface area contributed by atoms with E-state index in [9.17, 15) is 17.3 Å². The average Bonchev–Trinajstić information content (AvgIpc) is 3.03. The molecule has 2 radical (unpaired) electrons. The quantitative estimate of drug-likeness (QED) is 0.373. The number of halogens is 4. The zero-order chi connectivity index (χ0) is 20.1. The van der Waals surface area contributed by atoms with Crippen molar-refractivity contribution in [3.8, 4) is 6.07 Å². The summed E-state index contributed by atoms with van der Waals surface area (Å²) >= 11 is 0. The normalized spacial score (nSPS) is 11.6. The van der Waals surface area contributed by atoms with Crippen LogP contribution in [-0.2, 0) is 52.5 Å². The first-order valence-corrected chi connectivity index (χ1v) is 7.96. The topological polar surface area (TPSA) is 56.1 Å². The van der Waals surface area contributed by atoms with E-state index in [1.54, 1.807) is 6.07 Å². The molecule has 0 bridgehead atoms. The van der Waals surface area contributed by atoms with E-state index < -0.39 is 7.25 Å². The molecule has 0 atom stereocenters. The standard InChI is InChI=1S/C15H16N4.C2H3N.Au.BF4.Cu/c1-3-7-16-14(5-1)11-18-9-10-19(13-18)12-15-6-2-4-8-17-15;1-2-3;;2-1(3,4)5;/h1-10H,11-13H2;1H3;;;/q;;;-1;+2. The van der Waals surface area contributed by atoms with Gasteiger partial charge in [-0.05, 0) is 24.3 Å². The molecule has 1 aliphatic heterocycles. The van der Waals surface area contributed by atoms with Gasteiger partial charge in [-0.2, -0.15) is 5.26 Å². The molecule has 2 aromatic heterocycles. The van der Waals surface area contributed by atoms with Gasteiger partial charge in [-0.15, -0.1) is 0 Å². The summed E-state index contributed by atoms with van der Waals surface area (Å²) in [6.45, 7) is 4.00. The van der Waals surface area contributed by atoms with E-state index in [4.69, 9.17) is 5.26 Å². The molecule has 3 heterocycles. The smallest absolute Gasteiger partial charge is 0.418 e. The van der Waals surface area contributed by atoms with Gasteiger partial charge in [-0.25, -0.2) is 0 Å². The van der Waals surface area contributed by atoms with Crippen LogP contribution >= 0.6 is 0 Å². The molecule has 1 aliphatic rings. The molecule has 0 N–H and O–H groups in total. The zero-order valence-corrected chi connectivity index (χ0v) is 18.4. The van der Waals surface area contributed by atoms with Crippen LogP contribution in [0.15, 0.2) is 61.2 Å². The van der Waals surface area contributed by atoms with Crippen LogP contribution < -0.4 is 0 Å². The van der Waals surface area contributed by atoms with Crippen molar-refractivity contribution in [3.05, 3.63) is 72.6 Å². The minimum Gasteiger partial charge on any atom is -0.418 e. The Kier molecular flexibility index (Phi) is 16.2. The van der Waals surface area contributed by atoms with Gasteiger partial charge in [0, 0.05) is 54.1 Å². The largest absolute Gasteiger partial charge is 2.00 e. The van der Waals surface area contributed by atoms with E-state index in [0.717, 1.165) is 31.1 Å². The fourth-order valence-electron chi connectivity index (χ4n) is 2.12. The average molecular weight is 641 g/mol. The number of pyridine rings is 2. The Balaban J connectivity index is 0. The molecule has 0 saturated heterocycles. The third kappa shape index (κ3) is 15.7. The molecular weight excluding hydrogens is 622 g/mol. The van der Waals surface area contributed by atoms with E-state index in [1.165, 1.54) is 6.92 Å². The van der Waals surface area contributed by atoms with Gasteiger partial charge in [0.1, 0.15) is 0 Å². The molecule has 12 heteroatoms. The van der Waals surface area contributed by atoms with Gasteiger partial charge >= 0.3 is 24.3 Å². The van der Waals surface area contributed by atoms with Crippen LogP contribution in [0.5, 0.6) is 0 Å². The summed E-state index contributed by atoms with van der Waals surface area (Å²) in [5.74, 6) is 0. The molecule has 0 saturated carbocycles. The minimum atomic E-state index is -6.00. The van der Waals surface area contributed by atoms with E-state index in [2.05, 4.69) is 44.3 Å². The van der Waals surface area contributed by atoms with Gasteiger partial charge in [-0.1, -0.05) is 12.1 Å². The van der Waals surface area contributed by atoms with E-state index >= 15 is 0 Å². The Labute approximate surface area is 193 Å². The number of rotatable bonds is 4. The van der Waals surface area contributed by atoms with Crippen molar-refractivity contribution < 1.29 is 56.7 Å². The Bertz CT molecular complexity index is 677. The molecule has 0 spiro atoms. The maximum absolute atomic E-state index is 9.75. The summed E-state index contributed by atoms with van der Waals surface area (Å²) in [4.78, 5) is 13.2. The third-order valence-electron chi connectivity index (χ3n) is 3.03. The van der Waals surface area contributed by atoms with Crippen molar-refractivity contribution in [3.63, 3.8) is 0 Å². The molecule has 0 amide bonds. The summed E-state index contributed by atoms with van der Waals surface area (Å²) in [7, 11) is -6.00. The van der Waals surface area contributed by atoms with Gasteiger partial charge in [0.25, 0.3) is 0 Å². The summed E-state index contributed by atoms with van der Waals surface area (Å²) in [6.07, 6.45) is 7.89. The summed E-state index contributed by atoms with van der Waals surface area (Å²) < 4.78 is 39.0. The Morgan fingerprint density at radius 2 is 1.28 bits per heavy atom. The molecule has 29 heavy (non-hydrogen) atoms. The van der Waals surface area contributed by atoms with Crippen molar-refractivity contribution in [1.82, 2.24) is 19.8 Å². The summed E-state index contributed by atoms with van der Waals surface area (Å²) in [6, 6.07) is 13.8. The first-order chi connectivity index (χ1) is 12.8. The Morgan fingerprint density at radius 1 is 0.931 bits per heavy atom. The minimum absolute atomic E-state index is 0. The molecular formula is C17H19AuBCuF4N5+. The molecule has 5 nitrogen and oxygen atoms in total. The second-order valence-electron chi connectivity index (χ2n) is 5.29. The SMILES string of the molecule is C1=CN(Cc2ccccn2)CN1Cc1ccccn1.CC#N.F[B-](F)(F)F.[Au].[Cu+2]. The Hall–Kier alpha value is -1.83. The molecule has 0 aromatic carbocycles. The molecule has 0 unspecified atom stereocenters. The predicted molar refractivity (Wildman–Crippen MR) is 95.0 cm³/mol. The first kappa shape index (κ1) is 29.4. The monoisotopic (exact) mass is 640 g/mol. The van der Waals surface area contributed by atoms with Crippen LogP contribution in [0.4, 0.5) is 17.3 Å². The van der Waals surface area contributed by atoms with Crippen molar-refractivity contribution in [2.75, 3.05) is 6.67 Å². The number of hydrogen-bond acceptors (Lipinski definition) is 5. The van der Waals surface area contributed by atoms with Crippen molar-refractivity contribution >= 4 is 7.25 Å². The second-order valence-corrected chi connectivity index (χ2v) is 5.29. The molecule has 0 fully saturated rings. The van der Waals surface area contributed by atoms with Gasteiger partial charge in [0.2, 0.25) is 0 Å². The maximum atomic E-state index is 9.75.